The zero-order valence-electron chi connectivity index (χ0n) is 12.7. The third-order valence-corrected chi connectivity index (χ3v) is 2.98. The molecule has 114 valence electrons. The predicted molar refractivity (Wildman–Crippen MR) is 85.9 cm³/mol. The van der Waals surface area contributed by atoms with Gasteiger partial charge in [-0.15, -0.1) is 0 Å². The number of aromatic nitrogens is 2. The van der Waals surface area contributed by atoms with Gasteiger partial charge in [-0.25, -0.2) is 4.68 Å². The van der Waals surface area contributed by atoms with Crippen molar-refractivity contribution < 1.29 is 9.53 Å². The highest BCUT2D eigenvalue weighted by molar-refractivity contribution is 5.87. The maximum Gasteiger partial charge on any atom is 0.244 e. The van der Waals surface area contributed by atoms with E-state index in [1.165, 1.54) is 6.08 Å². The summed E-state index contributed by atoms with van der Waals surface area (Å²) >= 11 is 0. The summed E-state index contributed by atoms with van der Waals surface area (Å²) in [6.07, 6.45) is 8.71. The Kier molecular flexibility index (Phi) is 5.54. The van der Waals surface area contributed by atoms with Gasteiger partial charge in [0.15, 0.2) is 0 Å². The highest BCUT2D eigenvalue weighted by Gasteiger charge is 2.03. The van der Waals surface area contributed by atoms with Crippen molar-refractivity contribution >= 4 is 5.91 Å². The van der Waals surface area contributed by atoms with Gasteiger partial charge in [0.1, 0.15) is 5.75 Å². The number of ether oxygens (including phenoxy) is 1. The highest BCUT2D eigenvalue weighted by Crippen LogP contribution is 2.14. The zero-order valence-corrected chi connectivity index (χ0v) is 12.7. The molecule has 22 heavy (non-hydrogen) atoms. The average Bonchev–Trinajstić information content (AvgIpc) is 3.02. The third-order valence-electron chi connectivity index (χ3n) is 2.98. The molecule has 1 N–H and O–H groups in total. The molecule has 0 aliphatic heterocycles. The van der Waals surface area contributed by atoms with Crippen LogP contribution >= 0.6 is 0 Å². The van der Waals surface area contributed by atoms with Crippen molar-refractivity contribution in [1.29, 1.82) is 0 Å². The van der Waals surface area contributed by atoms with E-state index in [1.807, 2.05) is 49.5 Å². The number of carbonyl (C=O) groups excluding carboxylic acids is 1. The normalized spacial score (nSPS) is 11.2. The van der Waals surface area contributed by atoms with E-state index >= 15 is 0 Å². The lowest BCUT2D eigenvalue weighted by molar-refractivity contribution is -0.116. The van der Waals surface area contributed by atoms with Crippen LogP contribution in [-0.4, -0.2) is 22.8 Å². The molecule has 0 bridgehead atoms. The molecule has 1 heterocycles. The van der Waals surface area contributed by atoms with Crippen molar-refractivity contribution in [3.63, 3.8) is 0 Å². The summed E-state index contributed by atoms with van der Waals surface area (Å²) in [6.45, 7) is 2.29. The van der Waals surface area contributed by atoms with Gasteiger partial charge in [0.2, 0.25) is 5.91 Å². The second kappa shape index (κ2) is 7.83. The summed E-state index contributed by atoms with van der Waals surface area (Å²) in [5.74, 6) is 0.661. The molecule has 0 atom stereocenters. The standard InChI is InChI=1S/C17H19N3O2/c1-3-4-5-6-17(21)18-13-14-11-12-20(19-14)15-7-9-16(22-2)10-8-15/h3-12H,13H2,1-2H3,(H,18,21)/b4-3+,6-5+. The fourth-order valence-corrected chi connectivity index (χ4v) is 1.83. The molecule has 0 saturated carbocycles. The largest absolute Gasteiger partial charge is 0.497 e. The lowest BCUT2D eigenvalue weighted by Gasteiger charge is -2.03. The number of hydrogen-bond acceptors (Lipinski definition) is 3. The summed E-state index contributed by atoms with van der Waals surface area (Å²) in [6, 6.07) is 9.48. The number of nitrogens with one attached hydrogen (secondary N) is 1. The van der Waals surface area contributed by atoms with E-state index in [4.69, 9.17) is 4.74 Å². The van der Waals surface area contributed by atoms with Crippen LogP contribution in [0.5, 0.6) is 5.75 Å². The number of carbonyl (C=O) groups is 1. The van der Waals surface area contributed by atoms with E-state index in [0.29, 0.717) is 6.54 Å². The molecule has 1 aromatic carbocycles. The molecular formula is C17H19N3O2. The SMILES string of the molecule is C/C=C/C=C/C(=O)NCc1ccn(-c2ccc(OC)cc2)n1. The Hall–Kier alpha value is -2.82. The molecule has 5 nitrogen and oxygen atoms in total. The predicted octanol–water partition coefficient (Wildman–Crippen LogP) is 2.63. The maximum atomic E-state index is 11.6. The number of allylic oxidation sites excluding steroid dienone is 3. The number of rotatable bonds is 6. The van der Waals surface area contributed by atoms with Gasteiger partial charge in [-0.1, -0.05) is 18.2 Å². The Balaban J connectivity index is 1.94. The zero-order chi connectivity index (χ0) is 15.8. The molecule has 1 amide bonds. The first kappa shape index (κ1) is 15.6. The summed E-state index contributed by atoms with van der Waals surface area (Å²) in [7, 11) is 1.63. The summed E-state index contributed by atoms with van der Waals surface area (Å²) in [5.41, 5.74) is 1.73. The molecule has 0 radical (unpaired) electrons. The smallest absolute Gasteiger partial charge is 0.244 e. The van der Waals surface area contributed by atoms with E-state index < -0.39 is 0 Å². The molecule has 0 aliphatic rings. The minimum atomic E-state index is -0.142. The van der Waals surface area contributed by atoms with E-state index in [-0.39, 0.29) is 5.91 Å². The van der Waals surface area contributed by atoms with Crippen LogP contribution in [0, 0.1) is 0 Å². The van der Waals surface area contributed by atoms with Crippen molar-refractivity contribution in [2.24, 2.45) is 0 Å². The second-order valence-corrected chi connectivity index (χ2v) is 4.55. The van der Waals surface area contributed by atoms with Gasteiger partial charge in [-0.2, -0.15) is 5.10 Å². The first-order chi connectivity index (χ1) is 10.7. The number of benzene rings is 1. The van der Waals surface area contributed by atoms with Gasteiger partial charge in [-0.05, 0) is 37.3 Å². The quantitative estimate of drug-likeness (QED) is 0.658. The Morgan fingerprint density at radius 3 is 2.73 bits per heavy atom. The number of amides is 1. The minimum Gasteiger partial charge on any atom is -0.497 e. The summed E-state index contributed by atoms with van der Waals surface area (Å²) < 4.78 is 6.89. The summed E-state index contributed by atoms with van der Waals surface area (Å²) in [4.78, 5) is 11.6. The lowest BCUT2D eigenvalue weighted by Crippen LogP contribution is -2.20. The van der Waals surface area contributed by atoms with Crippen molar-refractivity contribution in [3.8, 4) is 11.4 Å². The summed E-state index contributed by atoms with van der Waals surface area (Å²) in [5, 5.41) is 7.21. The van der Waals surface area contributed by atoms with E-state index in [0.717, 1.165) is 17.1 Å². The molecule has 0 unspecified atom stereocenters. The Bertz CT molecular complexity index is 669. The number of hydrogen-bond donors (Lipinski definition) is 1. The topological polar surface area (TPSA) is 56.2 Å². The maximum absolute atomic E-state index is 11.6. The first-order valence-electron chi connectivity index (χ1n) is 6.99. The van der Waals surface area contributed by atoms with Gasteiger partial charge in [0.25, 0.3) is 0 Å². The molecular weight excluding hydrogens is 278 g/mol. The third kappa shape index (κ3) is 4.34. The molecule has 1 aromatic heterocycles. The van der Waals surface area contributed by atoms with Crippen LogP contribution < -0.4 is 10.1 Å². The van der Waals surface area contributed by atoms with Gasteiger partial charge in [-0.3, -0.25) is 4.79 Å². The van der Waals surface area contributed by atoms with Gasteiger partial charge in [0, 0.05) is 12.3 Å². The van der Waals surface area contributed by atoms with Crippen LogP contribution in [0.15, 0.2) is 60.8 Å². The lowest BCUT2D eigenvalue weighted by atomic mass is 10.3. The second-order valence-electron chi connectivity index (χ2n) is 4.55. The average molecular weight is 297 g/mol. The van der Waals surface area contributed by atoms with Crippen LogP contribution in [0.1, 0.15) is 12.6 Å². The fourth-order valence-electron chi connectivity index (χ4n) is 1.83. The van der Waals surface area contributed by atoms with E-state index in [9.17, 15) is 4.79 Å². The highest BCUT2D eigenvalue weighted by atomic mass is 16.5. The van der Waals surface area contributed by atoms with Gasteiger partial charge >= 0.3 is 0 Å². The Morgan fingerprint density at radius 1 is 1.27 bits per heavy atom. The molecule has 0 fully saturated rings. The van der Waals surface area contributed by atoms with Gasteiger partial charge < -0.3 is 10.1 Å². The van der Waals surface area contributed by atoms with E-state index in [1.54, 1.807) is 23.9 Å². The Morgan fingerprint density at radius 2 is 2.05 bits per heavy atom. The molecule has 2 aromatic rings. The van der Waals surface area contributed by atoms with Crippen molar-refractivity contribution in [3.05, 3.63) is 66.5 Å². The fraction of sp³-hybridized carbons (Fsp3) is 0.176. The minimum absolute atomic E-state index is 0.142. The first-order valence-corrected chi connectivity index (χ1v) is 6.99. The van der Waals surface area contributed by atoms with Crippen molar-refractivity contribution in [2.75, 3.05) is 7.11 Å². The molecule has 0 saturated heterocycles. The van der Waals surface area contributed by atoms with Crippen molar-refractivity contribution in [1.82, 2.24) is 15.1 Å². The van der Waals surface area contributed by atoms with Gasteiger partial charge in [0.05, 0.1) is 25.0 Å². The van der Waals surface area contributed by atoms with Crippen molar-refractivity contribution in [2.45, 2.75) is 13.5 Å². The van der Waals surface area contributed by atoms with Crippen LogP contribution in [-0.2, 0) is 11.3 Å². The molecule has 0 spiro atoms. The number of nitrogens with zero attached hydrogens (tertiary/aromatic N) is 2. The van der Waals surface area contributed by atoms with E-state index in [2.05, 4.69) is 10.4 Å². The molecule has 5 heteroatoms. The van der Waals surface area contributed by atoms with Crippen LogP contribution in [0.2, 0.25) is 0 Å². The van der Waals surface area contributed by atoms with Crippen LogP contribution in [0.4, 0.5) is 0 Å². The van der Waals surface area contributed by atoms with Crippen LogP contribution in [0.25, 0.3) is 5.69 Å². The van der Waals surface area contributed by atoms with Crippen LogP contribution in [0.3, 0.4) is 0 Å². The Labute approximate surface area is 129 Å². The molecule has 0 aliphatic carbocycles. The molecule has 2 rings (SSSR count). The number of methoxy groups -OCH3 is 1. The monoisotopic (exact) mass is 297 g/mol.